The second-order valence-corrected chi connectivity index (χ2v) is 11.0. The number of sulfonamides is 1. The van der Waals surface area contributed by atoms with E-state index in [-0.39, 0.29) is 19.9 Å². The van der Waals surface area contributed by atoms with Crippen molar-refractivity contribution in [1.82, 2.24) is 14.3 Å². The SMILES string of the molecule is CCCNc1ccc2c(=O)n(-c3ccc(NC(=O)NS(=O)(=O)c4ccc(Cl)s4)cc3)c(=O)[nH]c2c1. The van der Waals surface area contributed by atoms with Crippen LogP contribution in [-0.4, -0.2) is 30.5 Å². The Morgan fingerprint density at radius 1 is 1.06 bits per heavy atom. The fourth-order valence-electron chi connectivity index (χ4n) is 3.30. The summed E-state index contributed by atoms with van der Waals surface area (Å²) in [6.07, 6.45) is 0.933. The largest absolute Gasteiger partial charge is 0.385 e. The van der Waals surface area contributed by atoms with Crippen LogP contribution in [0.15, 0.2) is 68.4 Å². The summed E-state index contributed by atoms with van der Waals surface area (Å²) in [6.45, 7) is 2.80. The highest BCUT2D eigenvalue weighted by atomic mass is 35.5. The van der Waals surface area contributed by atoms with Crippen LogP contribution in [0.3, 0.4) is 0 Å². The van der Waals surface area contributed by atoms with Crippen LogP contribution in [0.2, 0.25) is 4.34 Å². The summed E-state index contributed by atoms with van der Waals surface area (Å²) in [5, 5.41) is 5.94. The average molecular weight is 534 g/mol. The van der Waals surface area contributed by atoms with Gasteiger partial charge in [-0.2, -0.15) is 0 Å². The Labute approximate surface area is 208 Å². The summed E-state index contributed by atoms with van der Waals surface area (Å²) in [6, 6.07) is 12.7. The first-order chi connectivity index (χ1) is 16.7. The van der Waals surface area contributed by atoms with E-state index in [0.717, 1.165) is 34.6 Å². The van der Waals surface area contributed by atoms with Crippen LogP contribution >= 0.6 is 22.9 Å². The Kier molecular flexibility index (Phi) is 6.96. The van der Waals surface area contributed by atoms with E-state index in [9.17, 15) is 22.8 Å². The number of anilines is 2. The smallest absolute Gasteiger partial charge is 0.333 e. The van der Waals surface area contributed by atoms with E-state index in [4.69, 9.17) is 11.6 Å². The topological polar surface area (TPSA) is 142 Å². The molecule has 0 spiro atoms. The number of nitrogens with one attached hydrogen (secondary N) is 4. The molecule has 2 aromatic carbocycles. The Morgan fingerprint density at radius 3 is 2.43 bits per heavy atom. The molecule has 182 valence electrons. The maximum atomic E-state index is 13.0. The number of nitrogens with zero attached hydrogens (tertiary/aromatic N) is 1. The first-order valence-electron chi connectivity index (χ1n) is 10.4. The minimum atomic E-state index is -4.07. The van der Waals surface area contributed by atoms with E-state index in [2.05, 4.69) is 15.6 Å². The molecule has 13 heteroatoms. The quantitative estimate of drug-likeness (QED) is 0.285. The van der Waals surface area contributed by atoms with Crippen LogP contribution in [0.5, 0.6) is 0 Å². The van der Waals surface area contributed by atoms with Crippen LogP contribution in [-0.2, 0) is 10.0 Å². The van der Waals surface area contributed by atoms with Gasteiger partial charge in [-0.15, -0.1) is 11.3 Å². The standard InChI is InChI=1S/C22H20ClN5O5S2/c1-2-11-24-14-5-8-16-17(12-14)26-22(31)28(20(16)29)15-6-3-13(4-7-15)25-21(30)27-35(32,33)19-10-9-18(23)34-19/h3-10,12,24H,2,11H2,1H3,(H,26,31)(H2,25,27,30). The van der Waals surface area contributed by atoms with Gasteiger partial charge in [-0.25, -0.2) is 27.3 Å². The van der Waals surface area contributed by atoms with Crippen molar-refractivity contribution in [2.75, 3.05) is 17.2 Å². The third-order valence-corrected chi connectivity index (χ3v) is 7.95. The summed E-state index contributed by atoms with van der Waals surface area (Å²) in [5.74, 6) is 0. The minimum absolute atomic E-state index is 0.101. The molecular formula is C22H20ClN5O5S2. The van der Waals surface area contributed by atoms with E-state index < -0.39 is 27.3 Å². The second-order valence-electron chi connectivity index (χ2n) is 7.42. The number of aromatic amines is 1. The maximum Gasteiger partial charge on any atom is 0.333 e. The number of hydrogen-bond donors (Lipinski definition) is 4. The number of carbonyl (C=O) groups is 1. The van der Waals surface area contributed by atoms with E-state index in [1.807, 2.05) is 11.6 Å². The minimum Gasteiger partial charge on any atom is -0.385 e. The fraction of sp³-hybridized carbons (Fsp3) is 0.136. The molecule has 35 heavy (non-hydrogen) atoms. The van der Waals surface area contributed by atoms with Crippen LogP contribution in [0, 0.1) is 0 Å². The summed E-state index contributed by atoms with van der Waals surface area (Å²) >= 11 is 6.57. The second kappa shape index (κ2) is 9.94. The predicted molar refractivity (Wildman–Crippen MR) is 138 cm³/mol. The molecule has 2 amide bonds. The van der Waals surface area contributed by atoms with Gasteiger partial charge in [0.05, 0.1) is 20.9 Å². The van der Waals surface area contributed by atoms with Crippen LogP contribution < -0.4 is 26.6 Å². The van der Waals surface area contributed by atoms with Gasteiger partial charge in [0, 0.05) is 17.9 Å². The van der Waals surface area contributed by atoms with Crippen LogP contribution in [0.1, 0.15) is 13.3 Å². The van der Waals surface area contributed by atoms with Crippen LogP contribution in [0.25, 0.3) is 16.6 Å². The zero-order chi connectivity index (χ0) is 25.2. The first kappa shape index (κ1) is 24.5. The van der Waals surface area contributed by atoms with E-state index in [1.165, 1.54) is 36.4 Å². The van der Waals surface area contributed by atoms with E-state index in [1.54, 1.807) is 18.2 Å². The number of hydrogen-bond acceptors (Lipinski definition) is 7. The zero-order valence-electron chi connectivity index (χ0n) is 18.3. The van der Waals surface area contributed by atoms with Crippen molar-refractivity contribution >= 4 is 61.3 Å². The Balaban J connectivity index is 1.54. The highest BCUT2D eigenvalue weighted by molar-refractivity contribution is 7.92. The van der Waals surface area contributed by atoms with Gasteiger partial charge >= 0.3 is 11.7 Å². The maximum absolute atomic E-state index is 13.0. The van der Waals surface area contributed by atoms with Gasteiger partial charge in [0.1, 0.15) is 4.21 Å². The molecule has 2 aromatic heterocycles. The number of aromatic nitrogens is 2. The van der Waals surface area contributed by atoms with Crippen molar-refractivity contribution in [3.05, 3.63) is 79.8 Å². The fourth-order valence-corrected chi connectivity index (χ4v) is 5.69. The number of benzene rings is 2. The van der Waals surface area contributed by atoms with Crippen LogP contribution in [0.4, 0.5) is 16.2 Å². The summed E-state index contributed by atoms with van der Waals surface area (Å²) in [4.78, 5) is 40.5. The lowest BCUT2D eigenvalue weighted by Gasteiger charge is -2.10. The summed E-state index contributed by atoms with van der Waals surface area (Å²) < 4.78 is 27.5. The normalized spacial score (nSPS) is 11.4. The monoisotopic (exact) mass is 533 g/mol. The molecule has 4 rings (SSSR count). The predicted octanol–water partition coefficient (Wildman–Crippen LogP) is 3.73. The van der Waals surface area contributed by atoms with Crippen molar-refractivity contribution in [1.29, 1.82) is 0 Å². The highest BCUT2D eigenvalue weighted by Crippen LogP contribution is 2.25. The van der Waals surface area contributed by atoms with E-state index >= 15 is 0 Å². The molecule has 0 unspecified atom stereocenters. The molecule has 0 radical (unpaired) electrons. The lowest BCUT2D eigenvalue weighted by atomic mass is 10.2. The van der Waals surface area contributed by atoms with Gasteiger partial charge in [0.15, 0.2) is 0 Å². The number of urea groups is 1. The van der Waals surface area contributed by atoms with Gasteiger partial charge in [-0.1, -0.05) is 18.5 Å². The molecule has 0 atom stereocenters. The number of amides is 2. The molecule has 2 heterocycles. The van der Waals surface area contributed by atoms with Crippen molar-refractivity contribution in [3.8, 4) is 5.69 Å². The first-order valence-corrected chi connectivity index (χ1v) is 13.1. The van der Waals surface area contributed by atoms with E-state index in [0.29, 0.717) is 10.9 Å². The van der Waals surface area contributed by atoms with Crippen molar-refractivity contribution in [2.45, 2.75) is 17.6 Å². The number of halogens is 1. The van der Waals surface area contributed by atoms with Gasteiger partial charge in [0.2, 0.25) is 0 Å². The Hall–Kier alpha value is -3.61. The molecule has 0 aliphatic carbocycles. The molecule has 10 nitrogen and oxygen atoms in total. The van der Waals surface area contributed by atoms with Gasteiger partial charge in [-0.05, 0) is 61.0 Å². The lowest BCUT2D eigenvalue weighted by Crippen LogP contribution is -2.34. The van der Waals surface area contributed by atoms with Crippen molar-refractivity contribution in [2.24, 2.45) is 0 Å². The molecular weight excluding hydrogens is 514 g/mol. The average Bonchev–Trinajstić information content (AvgIpc) is 3.25. The highest BCUT2D eigenvalue weighted by Gasteiger charge is 2.20. The number of H-pyrrole nitrogens is 1. The van der Waals surface area contributed by atoms with Crippen molar-refractivity contribution in [3.63, 3.8) is 0 Å². The van der Waals surface area contributed by atoms with Gasteiger partial charge in [-0.3, -0.25) is 4.79 Å². The molecule has 0 fully saturated rings. The Morgan fingerprint density at radius 2 is 1.77 bits per heavy atom. The third kappa shape index (κ3) is 5.39. The summed E-state index contributed by atoms with van der Waals surface area (Å²) in [7, 11) is -4.07. The van der Waals surface area contributed by atoms with Crippen molar-refractivity contribution < 1.29 is 13.2 Å². The molecule has 4 aromatic rings. The van der Waals surface area contributed by atoms with Gasteiger partial charge in [0.25, 0.3) is 15.6 Å². The molecule has 4 N–H and O–H groups in total. The Bertz CT molecular complexity index is 1620. The van der Waals surface area contributed by atoms with Gasteiger partial charge < -0.3 is 15.6 Å². The number of carbonyl (C=O) groups excluding carboxylic acids is 1. The molecule has 0 saturated heterocycles. The lowest BCUT2D eigenvalue weighted by molar-refractivity contribution is 0.256. The number of thiophene rings is 1. The molecule has 0 saturated carbocycles. The molecule has 0 aliphatic rings. The third-order valence-electron chi connectivity index (χ3n) is 4.90. The molecule has 0 aliphatic heterocycles. The number of rotatable bonds is 7. The molecule has 0 bridgehead atoms. The number of fused-ring (bicyclic) bond motifs is 1. The summed E-state index contributed by atoms with van der Waals surface area (Å²) in [5.41, 5.74) is 0.630. The zero-order valence-corrected chi connectivity index (χ0v) is 20.7.